The lowest BCUT2D eigenvalue weighted by molar-refractivity contribution is 0.167. The first kappa shape index (κ1) is 15.8. The van der Waals surface area contributed by atoms with Crippen LogP contribution in [0.5, 0.6) is 0 Å². The molecule has 1 saturated carbocycles. The monoisotopic (exact) mass is 317 g/mol. The minimum Gasteiger partial charge on any atom is -0.440 e. The van der Waals surface area contributed by atoms with E-state index >= 15 is 0 Å². The van der Waals surface area contributed by atoms with Crippen LogP contribution in [0.4, 0.5) is 10.5 Å². The van der Waals surface area contributed by atoms with E-state index in [-0.39, 0.29) is 12.6 Å². The SMILES string of the molecule is CCCC(C)(CO)NC(=O)Nc1ccc2nc(C3CC3)oc2c1. The van der Waals surface area contributed by atoms with Crippen LogP contribution in [-0.2, 0) is 0 Å². The summed E-state index contributed by atoms with van der Waals surface area (Å²) in [6.45, 7) is 3.75. The van der Waals surface area contributed by atoms with Gasteiger partial charge in [0.1, 0.15) is 5.52 Å². The number of benzene rings is 1. The quantitative estimate of drug-likeness (QED) is 0.762. The van der Waals surface area contributed by atoms with Crippen LogP contribution in [0.2, 0.25) is 0 Å². The Labute approximate surface area is 135 Å². The Morgan fingerprint density at radius 2 is 2.26 bits per heavy atom. The van der Waals surface area contributed by atoms with E-state index in [9.17, 15) is 9.90 Å². The van der Waals surface area contributed by atoms with Crippen LogP contribution in [0.25, 0.3) is 11.1 Å². The molecular weight excluding hydrogens is 294 g/mol. The van der Waals surface area contributed by atoms with Crippen molar-refractivity contribution in [3.63, 3.8) is 0 Å². The number of anilines is 1. The van der Waals surface area contributed by atoms with Gasteiger partial charge in [-0.1, -0.05) is 13.3 Å². The van der Waals surface area contributed by atoms with Crippen molar-refractivity contribution < 1.29 is 14.3 Å². The zero-order chi connectivity index (χ0) is 16.4. The fourth-order valence-corrected chi connectivity index (χ4v) is 2.69. The molecule has 0 saturated heterocycles. The fourth-order valence-electron chi connectivity index (χ4n) is 2.69. The summed E-state index contributed by atoms with van der Waals surface area (Å²) in [4.78, 5) is 16.6. The Bertz CT molecular complexity index is 708. The minimum atomic E-state index is -0.617. The van der Waals surface area contributed by atoms with Gasteiger partial charge in [0.2, 0.25) is 0 Å². The lowest BCUT2D eigenvalue weighted by Crippen LogP contribution is -2.50. The molecule has 1 aliphatic rings. The molecular formula is C17H23N3O3. The molecule has 6 heteroatoms. The molecule has 1 unspecified atom stereocenters. The number of fused-ring (bicyclic) bond motifs is 1. The van der Waals surface area contributed by atoms with Gasteiger partial charge in [0.05, 0.1) is 12.1 Å². The molecule has 2 aromatic rings. The zero-order valence-electron chi connectivity index (χ0n) is 13.6. The molecule has 1 fully saturated rings. The number of rotatable bonds is 6. The molecule has 0 aliphatic heterocycles. The van der Waals surface area contributed by atoms with E-state index in [1.165, 1.54) is 0 Å². The van der Waals surface area contributed by atoms with Gasteiger partial charge in [-0.25, -0.2) is 9.78 Å². The summed E-state index contributed by atoms with van der Waals surface area (Å²) >= 11 is 0. The maximum Gasteiger partial charge on any atom is 0.319 e. The number of aliphatic hydroxyl groups is 1. The summed E-state index contributed by atoms with van der Waals surface area (Å²) in [7, 11) is 0. The van der Waals surface area contributed by atoms with Gasteiger partial charge in [0.15, 0.2) is 11.5 Å². The third-order valence-electron chi connectivity index (χ3n) is 4.16. The van der Waals surface area contributed by atoms with E-state index in [1.54, 1.807) is 12.1 Å². The Hall–Kier alpha value is -2.08. The smallest absolute Gasteiger partial charge is 0.319 e. The van der Waals surface area contributed by atoms with E-state index in [1.807, 2.05) is 19.9 Å². The maximum absolute atomic E-state index is 12.1. The summed E-state index contributed by atoms with van der Waals surface area (Å²) in [5, 5.41) is 15.1. The molecule has 1 heterocycles. The third-order valence-corrected chi connectivity index (χ3v) is 4.16. The first-order valence-electron chi connectivity index (χ1n) is 8.13. The third kappa shape index (κ3) is 3.64. The van der Waals surface area contributed by atoms with E-state index in [4.69, 9.17) is 4.42 Å². The topological polar surface area (TPSA) is 87.4 Å². The van der Waals surface area contributed by atoms with Crippen LogP contribution in [0.15, 0.2) is 22.6 Å². The van der Waals surface area contributed by atoms with Gasteiger partial charge in [0, 0.05) is 17.7 Å². The number of carbonyl (C=O) groups excluding carboxylic acids is 1. The second-order valence-electron chi connectivity index (χ2n) is 6.56. The van der Waals surface area contributed by atoms with Crippen molar-refractivity contribution in [2.24, 2.45) is 0 Å². The number of hydrogen-bond donors (Lipinski definition) is 3. The highest BCUT2D eigenvalue weighted by molar-refractivity contribution is 5.92. The summed E-state index contributed by atoms with van der Waals surface area (Å²) in [6.07, 6.45) is 3.86. The predicted molar refractivity (Wildman–Crippen MR) is 88.5 cm³/mol. The highest BCUT2D eigenvalue weighted by Crippen LogP contribution is 2.40. The number of urea groups is 1. The number of nitrogens with zero attached hydrogens (tertiary/aromatic N) is 1. The summed E-state index contributed by atoms with van der Waals surface area (Å²) < 4.78 is 5.75. The van der Waals surface area contributed by atoms with Crippen LogP contribution in [0.3, 0.4) is 0 Å². The van der Waals surface area contributed by atoms with Crippen molar-refractivity contribution in [3.8, 4) is 0 Å². The number of aromatic nitrogens is 1. The van der Waals surface area contributed by atoms with Crippen molar-refractivity contribution in [3.05, 3.63) is 24.1 Å². The normalized spacial score (nSPS) is 17.0. The van der Waals surface area contributed by atoms with Gasteiger partial charge in [-0.3, -0.25) is 0 Å². The van der Waals surface area contributed by atoms with Crippen molar-refractivity contribution in [1.29, 1.82) is 0 Å². The highest BCUT2D eigenvalue weighted by Gasteiger charge is 2.29. The van der Waals surface area contributed by atoms with Crippen LogP contribution < -0.4 is 10.6 Å². The lowest BCUT2D eigenvalue weighted by Gasteiger charge is -2.28. The maximum atomic E-state index is 12.1. The lowest BCUT2D eigenvalue weighted by atomic mass is 9.98. The molecule has 0 radical (unpaired) electrons. The summed E-state index contributed by atoms with van der Waals surface area (Å²) in [5.41, 5.74) is 1.52. The number of nitrogens with one attached hydrogen (secondary N) is 2. The Balaban J connectivity index is 1.69. The first-order valence-corrected chi connectivity index (χ1v) is 8.13. The minimum absolute atomic E-state index is 0.0971. The van der Waals surface area contributed by atoms with Gasteiger partial charge in [-0.15, -0.1) is 0 Å². The highest BCUT2D eigenvalue weighted by atomic mass is 16.3. The molecule has 0 bridgehead atoms. The second-order valence-corrected chi connectivity index (χ2v) is 6.56. The standard InChI is InChI=1S/C17H23N3O3/c1-3-8-17(2,10-21)20-16(22)18-12-6-7-13-14(9-12)23-15(19-13)11-4-5-11/h6-7,9,11,21H,3-5,8,10H2,1-2H3,(H2,18,20,22). The fraction of sp³-hybridized carbons (Fsp3) is 0.529. The predicted octanol–water partition coefficient (Wildman–Crippen LogP) is 3.38. The molecule has 2 amide bonds. The Morgan fingerprint density at radius 3 is 2.91 bits per heavy atom. The second kappa shape index (κ2) is 6.20. The molecule has 1 aromatic heterocycles. The molecule has 0 spiro atoms. The molecule has 3 rings (SSSR count). The average Bonchev–Trinajstić information content (AvgIpc) is 3.27. The van der Waals surface area contributed by atoms with Crippen LogP contribution in [-0.4, -0.2) is 28.3 Å². The van der Waals surface area contributed by atoms with E-state index in [0.717, 1.165) is 30.7 Å². The first-order chi connectivity index (χ1) is 11.0. The van der Waals surface area contributed by atoms with Gasteiger partial charge < -0.3 is 20.2 Å². The van der Waals surface area contributed by atoms with E-state index in [2.05, 4.69) is 15.6 Å². The Kier molecular flexibility index (Phi) is 4.26. The van der Waals surface area contributed by atoms with Crippen LogP contribution in [0.1, 0.15) is 51.3 Å². The van der Waals surface area contributed by atoms with Gasteiger partial charge in [-0.2, -0.15) is 0 Å². The van der Waals surface area contributed by atoms with Gasteiger partial charge >= 0.3 is 6.03 Å². The van der Waals surface area contributed by atoms with E-state index < -0.39 is 5.54 Å². The molecule has 1 aromatic carbocycles. The van der Waals surface area contributed by atoms with Crippen molar-refractivity contribution >= 4 is 22.8 Å². The molecule has 6 nitrogen and oxygen atoms in total. The number of oxazole rings is 1. The van der Waals surface area contributed by atoms with Crippen molar-refractivity contribution in [2.75, 3.05) is 11.9 Å². The van der Waals surface area contributed by atoms with Crippen molar-refractivity contribution in [2.45, 2.75) is 51.0 Å². The van der Waals surface area contributed by atoms with Crippen LogP contribution in [0, 0.1) is 0 Å². The largest absolute Gasteiger partial charge is 0.440 e. The van der Waals surface area contributed by atoms with Crippen molar-refractivity contribution in [1.82, 2.24) is 10.3 Å². The average molecular weight is 317 g/mol. The van der Waals surface area contributed by atoms with Crippen LogP contribution >= 0.6 is 0 Å². The molecule has 124 valence electrons. The number of aliphatic hydroxyl groups excluding tert-OH is 1. The summed E-state index contributed by atoms with van der Waals surface area (Å²) in [5.74, 6) is 1.25. The zero-order valence-corrected chi connectivity index (χ0v) is 13.6. The number of hydrogen-bond acceptors (Lipinski definition) is 4. The number of amides is 2. The number of carbonyl (C=O) groups is 1. The molecule has 23 heavy (non-hydrogen) atoms. The van der Waals surface area contributed by atoms with Gasteiger partial charge in [-0.05, 0) is 38.3 Å². The molecule has 1 atom stereocenters. The van der Waals surface area contributed by atoms with E-state index in [0.29, 0.717) is 23.6 Å². The van der Waals surface area contributed by atoms with Gasteiger partial charge in [0.25, 0.3) is 0 Å². The summed E-state index contributed by atoms with van der Waals surface area (Å²) in [6, 6.07) is 5.09. The Morgan fingerprint density at radius 1 is 1.48 bits per heavy atom. The molecule has 1 aliphatic carbocycles. The molecule has 3 N–H and O–H groups in total.